The smallest absolute Gasteiger partial charge is 0.313 e. The van der Waals surface area contributed by atoms with Crippen LogP contribution in [-0.2, 0) is 16.0 Å². The van der Waals surface area contributed by atoms with Crippen LogP contribution in [0.3, 0.4) is 0 Å². The number of fused-ring (bicyclic) bond motifs is 4. The highest BCUT2D eigenvalue weighted by atomic mass is 16.5. The maximum Gasteiger partial charge on any atom is 0.313 e. The summed E-state index contributed by atoms with van der Waals surface area (Å²) < 4.78 is 12.1. The first-order chi connectivity index (χ1) is 18.4. The third kappa shape index (κ3) is 5.35. The number of quaternary nitrogens is 1. The van der Waals surface area contributed by atoms with Gasteiger partial charge in [0.15, 0.2) is 6.10 Å². The highest BCUT2D eigenvalue weighted by Gasteiger charge is 2.48. The van der Waals surface area contributed by atoms with E-state index in [2.05, 4.69) is 55.8 Å². The van der Waals surface area contributed by atoms with Gasteiger partial charge in [-0.3, -0.25) is 9.78 Å². The SMILES string of the molecule is C=C[C@H]1C[NH+]2CC[C@H]1C[C@H]2[C@@H](OC(=O)[C@@H](C)c1ccc(CC(C)C)cc1)c1ccnc2ccc(OC)cc12. The molecule has 1 unspecified atom stereocenters. The number of nitrogens with zero attached hydrogens (tertiary/aromatic N) is 1. The number of nitrogens with one attached hydrogen (secondary N) is 1. The lowest BCUT2D eigenvalue weighted by molar-refractivity contribution is -0.949. The Hall–Kier alpha value is -3.18. The molecular weight excluding hydrogens is 472 g/mol. The van der Waals surface area contributed by atoms with E-state index in [1.807, 2.05) is 37.4 Å². The number of piperidine rings is 3. The van der Waals surface area contributed by atoms with Crippen molar-refractivity contribution < 1.29 is 19.2 Å². The molecule has 3 saturated heterocycles. The number of hydrogen-bond acceptors (Lipinski definition) is 4. The monoisotopic (exact) mass is 513 g/mol. The van der Waals surface area contributed by atoms with Gasteiger partial charge >= 0.3 is 5.97 Å². The zero-order valence-electron chi connectivity index (χ0n) is 23.2. The van der Waals surface area contributed by atoms with Gasteiger partial charge in [-0.15, -0.1) is 6.58 Å². The van der Waals surface area contributed by atoms with E-state index in [-0.39, 0.29) is 24.0 Å². The van der Waals surface area contributed by atoms with E-state index in [1.54, 1.807) is 7.11 Å². The maximum absolute atomic E-state index is 13.7. The van der Waals surface area contributed by atoms with Gasteiger partial charge in [-0.2, -0.15) is 0 Å². The first-order valence-electron chi connectivity index (χ1n) is 14.1. The van der Waals surface area contributed by atoms with Crippen LogP contribution in [0.5, 0.6) is 5.75 Å². The fourth-order valence-corrected chi connectivity index (χ4v) is 6.55. The lowest BCUT2D eigenvalue weighted by atomic mass is 9.73. The van der Waals surface area contributed by atoms with E-state index in [1.165, 1.54) is 16.9 Å². The number of methoxy groups -OCH3 is 1. The van der Waals surface area contributed by atoms with E-state index in [9.17, 15) is 4.79 Å². The molecular formula is C33H41N2O3+. The van der Waals surface area contributed by atoms with Crippen LogP contribution in [0.25, 0.3) is 10.9 Å². The van der Waals surface area contributed by atoms with Gasteiger partial charge in [-0.05, 0) is 60.6 Å². The second kappa shape index (κ2) is 11.3. The van der Waals surface area contributed by atoms with Gasteiger partial charge in [-0.1, -0.05) is 44.2 Å². The molecule has 1 N–H and O–H groups in total. The molecule has 5 nitrogen and oxygen atoms in total. The number of aromatic nitrogens is 1. The number of carbonyl (C=O) groups is 1. The van der Waals surface area contributed by atoms with Gasteiger partial charge in [-0.25, -0.2) is 0 Å². The second-order valence-corrected chi connectivity index (χ2v) is 11.6. The van der Waals surface area contributed by atoms with Crippen LogP contribution in [-0.4, -0.2) is 37.2 Å². The largest absolute Gasteiger partial charge is 0.497 e. The van der Waals surface area contributed by atoms with E-state index in [0.717, 1.165) is 53.7 Å². The van der Waals surface area contributed by atoms with Crippen LogP contribution in [0, 0.1) is 17.8 Å². The maximum atomic E-state index is 13.7. The minimum atomic E-state index is -0.355. The summed E-state index contributed by atoms with van der Waals surface area (Å²) in [5, 5.41) is 0.984. The van der Waals surface area contributed by atoms with Crippen LogP contribution in [0.4, 0.5) is 0 Å². The molecule has 0 spiro atoms. The van der Waals surface area contributed by atoms with Crippen molar-refractivity contribution in [2.45, 2.75) is 58.1 Å². The Morgan fingerprint density at radius 2 is 1.95 bits per heavy atom. The predicted octanol–water partition coefficient (Wildman–Crippen LogP) is 5.31. The second-order valence-electron chi connectivity index (χ2n) is 11.6. The summed E-state index contributed by atoms with van der Waals surface area (Å²) in [6.07, 6.45) is 6.86. The molecule has 5 heteroatoms. The Kier molecular flexibility index (Phi) is 7.85. The zero-order valence-corrected chi connectivity index (χ0v) is 23.2. The van der Waals surface area contributed by atoms with Crippen LogP contribution in [0.15, 0.2) is 67.4 Å². The van der Waals surface area contributed by atoms with E-state index >= 15 is 0 Å². The van der Waals surface area contributed by atoms with Gasteiger partial charge < -0.3 is 14.4 Å². The molecule has 1 aromatic heterocycles. The summed E-state index contributed by atoms with van der Waals surface area (Å²) >= 11 is 0. The van der Waals surface area contributed by atoms with Gasteiger partial charge in [0.1, 0.15) is 11.8 Å². The summed E-state index contributed by atoms with van der Waals surface area (Å²) in [6.45, 7) is 12.6. The molecule has 3 fully saturated rings. The predicted molar refractivity (Wildman–Crippen MR) is 151 cm³/mol. The molecule has 0 saturated carbocycles. The highest BCUT2D eigenvalue weighted by Crippen LogP contribution is 2.37. The van der Waals surface area contributed by atoms with Crippen LogP contribution in [0.1, 0.15) is 62.3 Å². The molecule has 6 atom stereocenters. The minimum Gasteiger partial charge on any atom is -0.497 e. The molecule has 2 bridgehead atoms. The third-order valence-corrected chi connectivity index (χ3v) is 8.70. The van der Waals surface area contributed by atoms with Crippen molar-refractivity contribution in [1.82, 2.24) is 4.98 Å². The van der Waals surface area contributed by atoms with E-state index < -0.39 is 0 Å². The van der Waals surface area contributed by atoms with Crippen molar-refractivity contribution in [2.75, 3.05) is 20.2 Å². The zero-order chi connectivity index (χ0) is 26.8. The topological polar surface area (TPSA) is 52.9 Å². The lowest BCUT2D eigenvalue weighted by Gasteiger charge is -2.48. The number of hydrogen-bond donors (Lipinski definition) is 1. The summed E-state index contributed by atoms with van der Waals surface area (Å²) in [5.41, 5.74) is 4.19. The number of benzene rings is 2. The first-order valence-corrected chi connectivity index (χ1v) is 14.1. The molecule has 2 aromatic carbocycles. The Labute approximate surface area is 226 Å². The molecule has 200 valence electrons. The number of pyridine rings is 1. The minimum absolute atomic E-state index is 0.179. The molecule has 3 aromatic rings. The normalized spacial score (nSPS) is 24.2. The molecule has 0 radical (unpaired) electrons. The van der Waals surface area contributed by atoms with Crippen molar-refractivity contribution in [3.8, 4) is 5.75 Å². The van der Waals surface area contributed by atoms with Gasteiger partial charge in [0.25, 0.3) is 0 Å². The average molecular weight is 514 g/mol. The van der Waals surface area contributed by atoms with Crippen LogP contribution in [0.2, 0.25) is 0 Å². The Morgan fingerprint density at radius 3 is 2.61 bits per heavy atom. The summed E-state index contributed by atoms with van der Waals surface area (Å²) in [7, 11) is 1.67. The van der Waals surface area contributed by atoms with Gasteiger partial charge in [0.2, 0.25) is 0 Å². The highest BCUT2D eigenvalue weighted by molar-refractivity contribution is 5.85. The molecule has 3 aliphatic rings. The van der Waals surface area contributed by atoms with Crippen molar-refractivity contribution in [3.05, 3.63) is 84.1 Å². The fourth-order valence-electron chi connectivity index (χ4n) is 6.55. The lowest BCUT2D eigenvalue weighted by Crippen LogP contribution is -3.20. The van der Waals surface area contributed by atoms with Gasteiger partial charge in [0, 0.05) is 35.9 Å². The quantitative estimate of drug-likeness (QED) is 0.311. The molecule has 3 aliphatic heterocycles. The van der Waals surface area contributed by atoms with Crippen molar-refractivity contribution in [2.24, 2.45) is 17.8 Å². The summed E-state index contributed by atoms with van der Waals surface area (Å²) in [5.74, 6) is 1.97. The van der Waals surface area contributed by atoms with Crippen LogP contribution < -0.4 is 9.64 Å². The number of carbonyl (C=O) groups excluding carboxylic acids is 1. The van der Waals surface area contributed by atoms with E-state index in [0.29, 0.717) is 17.8 Å². The van der Waals surface area contributed by atoms with Crippen molar-refractivity contribution in [3.63, 3.8) is 0 Å². The Bertz CT molecular complexity index is 1290. The molecule has 4 heterocycles. The standard InChI is InChI=1S/C33H40N2O3/c1-6-24-20-35-16-14-26(24)18-31(35)32(28-13-15-34-30-12-11-27(37-5)19-29(28)30)38-33(36)22(4)25-9-7-23(8-10-25)17-21(2)3/h6-13,15,19,21-22,24,26,31-32H,1,14,16-18,20H2,2-5H3/p+1/t22-,24-,26-,31-,32-/m0/s1. The third-order valence-electron chi connectivity index (χ3n) is 8.70. The average Bonchev–Trinajstić information content (AvgIpc) is 2.95. The number of esters is 1. The summed E-state index contributed by atoms with van der Waals surface area (Å²) in [4.78, 5) is 19.8. The molecule has 0 aliphatic carbocycles. The fraction of sp³-hybridized carbons (Fsp3) is 0.455. The van der Waals surface area contributed by atoms with E-state index in [4.69, 9.17) is 9.47 Å². The Balaban J connectivity index is 1.47. The van der Waals surface area contributed by atoms with Crippen LogP contribution >= 0.6 is 0 Å². The van der Waals surface area contributed by atoms with Crippen molar-refractivity contribution >= 4 is 16.9 Å². The molecule has 0 amide bonds. The van der Waals surface area contributed by atoms with Crippen molar-refractivity contribution in [1.29, 1.82) is 0 Å². The number of ether oxygens (including phenoxy) is 2. The summed E-state index contributed by atoms with van der Waals surface area (Å²) in [6, 6.07) is 16.6. The van der Waals surface area contributed by atoms with Gasteiger partial charge in [0.05, 0.1) is 31.6 Å². The molecule has 38 heavy (non-hydrogen) atoms. The molecule has 6 rings (SSSR count). The first kappa shape index (κ1) is 26.4. The number of rotatable bonds is 9. The Morgan fingerprint density at radius 1 is 1.16 bits per heavy atom.